The standard InChI is InChI=1S/C22H31N3O8/c26-18(8-11-21(29)33-25-19(27)9-10-20(25)28)23-12-4-14-31-15-5-13-24-22(30)32-16-17-6-2-1-3-7-17/h1-3,6,17H,4-5,7-16H2,(H,23,26)(H,24,30). The summed E-state index contributed by atoms with van der Waals surface area (Å²) in [5.41, 5.74) is 0. The molecule has 11 heteroatoms. The molecule has 33 heavy (non-hydrogen) atoms. The number of amides is 4. The summed E-state index contributed by atoms with van der Waals surface area (Å²) < 4.78 is 10.6. The van der Waals surface area contributed by atoms with Gasteiger partial charge in [0.1, 0.15) is 0 Å². The van der Waals surface area contributed by atoms with Gasteiger partial charge in [-0.05, 0) is 19.3 Å². The van der Waals surface area contributed by atoms with Crippen molar-refractivity contribution in [2.45, 2.75) is 44.9 Å². The molecule has 0 saturated carbocycles. The van der Waals surface area contributed by atoms with Crippen molar-refractivity contribution in [1.29, 1.82) is 0 Å². The number of hydrogen-bond donors (Lipinski definition) is 2. The Kier molecular flexibility index (Phi) is 11.7. The first-order chi connectivity index (χ1) is 16.0. The third-order valence-corrected chi connectivity index (χ3v) is 4.78. The highest BCUT2D eigenvalue weighted by Crippen LogP contribution is 2.13. The van der Waals surface area contributed by atoms with Crippen molar-refractivity contribution in [3.63, 3.8) is 0 Å². The Morgan fingerprint density at radius 1 is 0.970 bits per heavy atom. The van der Waals surface area contributed by atoms with Crippen molar-refractivity contribution < 1.29 is 38.3 Å². The molecule has 182 valence electrons. The Morgan fingerprint density at radius 3 is 2.33 bits per heavy atom. The van der Waals surface area contributed by atoms with Crippen molar-refractivity contribution >= 4 is 29.8 Å². The van der Waals surface area contributed by atoms with E-state index in [1.807, 2.05) is 24.3 Å². The van der Waals surface area contributed by atoms with E-state index in [0.29, 0.717) is 50.8 Å². The molecule has 0 aromatic heterocycles. The molecule has 1 saturated heterocycles. The van der Waals surface area contributed by atoms with Gasteiger partial charge in [-0.15, -0.1) is 5.06 Å². The molecular weight excluding hydrogens is 434 g/mol. The van der Waals surface area contributed by atoms with E-state index in [0.717, 1.165) is 6.42 Å². The zero-order valence-electron chi connectivity index (χ0n) is 18.6. The number of carbonyl (C=O) groups is 5. The highest BCUT2D eigenvalue weighted by Gasteiger charge is 2.32. The van der Waals surface area contributed by atoms with Crippen LogP contribution in [0.15, 0.2) is 24.3 Å². The first-order valence-electron chi connectivity index (χ1n) is 11.1. The highest BCUT2D eigenvalue weighted by atomic mass is 16.7. The number of hydrogen-bond acceptors (Lipinski definition) is 8. The fourth-order valence-corrected chi connectivity index (χ4v) is 2.97. The van der Waals surface area contributed by atoms with E-state index in [9.17, 15) is 24.0 Å². The first kappa shape index (κ1) is 26.0. The maximum atomic E-state index is 11.7. The van der Waals surface area contributed by atoms with Gasteiger partial charge < -0.3 is 24.9 Å². The summed E-state index contributed by atoms with van der Waals surface area (Å²) in [6.07, 6.45) is 9.32. The number of carbonyl (C=O) groups excluding carboxylic acids is 5. The average molecular weight is 466 g/mol. The molecule has 1 fully saturated rings. The number of alkyl carbamates (subject to hydrolysis) is 1. The number of nitrogens with zero attached hydrogens (tertiary/aromatic N) is 1. The van der Waals surface area contributed by atoms with Crippen LogP contribution < -0.4 is 10.6 Å². The molecule has 11 nitrogen and oxygen atoms in total. The molecule has 0 radical (unpaired) electrons. The number of imide groups is 1. The molecule has 2 N–H and O–H groups in total. The topological polar surface area (TPSA) is 140 Å². The van der Waals surface area contributed by atoms with Gasteiger partial charge in [0.2, 0.25) is 5.91 Å². The monoisotopic (exact) mass is 465 g/mol. The molecule has 1 aliphatic heterocycles. The predicted octanol–water partition coefficient (Wildman–Crippen LogP) is 1.15. The Bertz CT molecular complexity index is 749. The van der Waals surface area contributed by atoms with Crippen molar-refractivity contribution in [3.05, 3.63) is 24.3 Å². The number of hydroxylamine groups is 2. The smallest absolute Gasteiger partial charge is 0.407 e. The van der Waals surface area contributed by atoms with E-state index < -0.39 is 23.9 Å². The zero-order valence-corrected chi connectivity index (χ0v) is 18.6. The molecule has 1 unspecified atom stereocenters. The SMILES string of the molecule is O=C(CCC(=O)ON1C(=O)CCC1=O)NCCCOCCCNC(=O)OCC1C=CC=CC1. The van der Waals surface area contributed by atoms with E-state index >= 15 is 0 Å². The number of ether oxygens (including phenoxy) is 2. The lowest BCUT2D eigenvalue weighted by atomic mass is 10.0. The van der Waals surface area contributed by atoms with Crippen molar-refractivity contribution in [3.8, 4) is 0 Å². The summed E-state index contributed by atoms with van der Waals surface area (Å²) in [5, 5.41) is 5.78. The lowest BCUT2D eigenvalue weighted by molar-refractivity contribution is -0.197. The lowest BCUT2D eigenvalue weighted by Gasteiger charge is -2.13. The Balaban J connectivity index is 1.37. The zero-order chi connectivity index (χ0) is 23.9. The van der Waals surface area contributed by atoms with Gasteiger partial charge in [0.25, 0.3) is 11.8 Å². The second-order valence-electron chi connectivity index (χ2n) is 7.55. The van der Waals surface area contributed by atoms with Crippen LogP contribution >= 0.6 is 0 Å². The molecule has 1 atom stereocenters. The third kappa shape index (κ3) is 10.8. The van der Waals surface area contributed by atoms with E-state index in [2.05, 4.69) is 15.5 Å². The summed E-state index contributed by atoms with van der Waals surface area (Å²) in [5.74, 6) is -2.03. The van der Waals surface area contributed by atoms with Gasteiger partial charge in [0, 0.05) is 51.5 Å². The van der Waals surface area contributed by atoms with Gasteiger partial charge in [0.15, 0.2) is 0 Å². The van der Waals surface area contributed by atoms with E-state index in [4.69, 9.17) is 9.47 Å². The lowest BCUT2D eigenvalue weighted by Crippen LogP contribution is -2.32. The summed E-state index contributed by atoms with van der Waals surface area (Å²) in [4.78, 5) is 62.4. The molecule has 0 bridgehead atoms. The molecule has 0 aromatic carbocycles. The van der Waals surface area contributed by atoms with Crippen LogP contribution in [0.25, 0.3) is 0 Å². The summed E-state index contributed by atoms with van der Waals surface area (Å²) >= 11 is 0. The maximum Gasteiger partial charge on any atom is 0.407 e. The van der Waals surface area contributed by atoms with Crippen LogP contribution in [-0.2, 0) is 33.5 Å². The van der Waals surface area contributed by atoms with Crippen LogP contribution in [0.4, 0.5) is 4.79 Å². The third-order valence-electron chi connectivity index (χ3n) is 4.78. The van der Waals surface area contributed by atoms with Crippen LogP contribution in [0.1, 0.15) is 44.9 Å². The van der Waals surface area contributed by atoms with Gasteiger partial charge in [0.05, 0.1) is 13.0 Å². The minimum atomic E-state index is -0.808. The Labute approximate surface area is 192 Å². The molecule has 1 heterocycles. The maximum absolute atomic E-state index is 11.7. The van der Waals surface area contributed by atoms with Crippen LogP contribution in [0.2, 0.25) is 0 Å². The molecule has 0 aromatic rings. The van der Waals surface area contributed by atoms with Gasteiger partial charge in [-0.25, -0.2) is 9.59 Å². The highest BCUT2D eigenvalue weighted by molar-refractivity contribution is 6.01. The fourth-order valence-electron chi connectivity index (χ4n) is 2.97. The van der Waals surface area contributed by atoms with E-state index in [1.54, 1.807) is 0 Å². The number of nitrogens with one attached hydrogen (secondary N) is 2. The minimum Gasteiger partial charge on any atom is -0.449 e. The van der Waals surface area contributed by atoms with Crippen molar-refractivity contribution in [2.24, 2.45) is 5.92 Å². The van der Waals surface area contributed by atoms with Gasteiger partial charge in [-0.3, -0.25) is 14.4 Å². The van der Waals surface area contributed by atoms with Crippen molar-refractivity contribution in [1.82, 2.24) is 15.7 Å². The molecule has 0 spiro atoms. The largest absolute Gasteiger partial charge is 0.449 e. The van der Waals surface area contributed by atoms with Crippen LogP contribution in [-0.4, -0.2) is 67.8 Å². The Morgan fingerprint density at radius 2 is 1.67 bits per heavy atom. The predicted molar refractivity (Wildman–Crippen MR) is 115 cm³/mol. The average Bonchev–Trinajstić information content (AvgIpc) is 3.13. The quantitative estimate of drug-likeness (QED) is 0.288. The first-order valence-corrected chi connectivity index (χ1v) is 11.1. The van der Waals surface area contributed by atoms with E-state index in [1.165, 1.54) is 0 Å². The van der Waals surface area contributed by atoms with Crippen LogP contribution in [0, 0.1) is 5.92 Å². The molecule has 2 aliphatic rings. The molecular formula is C22H31N3O8. The van der Waals surface area contributed by atoms with Gasteiger partial charge >= 0.3 is 12.1 Å². The van der Waals surface area contributed by atoms with Crippen LogP contribution in [0.5, 0.6) is 0 Å². The normalized spacial score (nSPS) is 17.2. The molecule has 1 aliphatic carbocycles. The summed E-state index contributed by atoms with van der Waals surface area (Å²) in [7, 11) is 0. The fraction of sp³-hybridized carbons (Fsp3) is 0.591. The van der Waals surface area contributed by atoms with Crippen LogP contribution in [0.3, 0.4) is 0 Å². The second-order valence-corrected chi connectivity index (χ2v) is 7.55. The molecule has 2 rings (SSSR count). The second kappa shape index (κ2) is 14.8. The minimum absolute atomic E-state index is 0.0221. The Hall–Kier alpha value is -3.21. The number of rotatable bonds is 14. The van der Waals surface area contributed by atoms with Gasteiger partial charge in [-0.2, -0.15) is 0 Å². The van der Waals surface area contributed by atoms with Crippen molar-refractivity contribution in [2.75, 3.05) is 32.9 Å². The summed E-state index contributed by atoms with van der Waals surface area (Å²) in [6, 6.07) is 0. The molecule has 4 amide bonds. The van der Waals surface area contributed by atoms with Gasteiger partial charge in [-0.1, -0.05) is 24.3 Å². The number of allylic oxidation sites excluding steroid dienone is 3. The summed E-state index contributed by atoms with van der Waals surface area (Å²) in [6.45, 7) is 2.08. The van der Waals surface area contributed by atoms with E-state index in [-0.39, 0.29) is 37.5 Å².